The first-order valence-corrected chi connectivity index (χ1v) is 10.4. The van der Waals surface area contributed by atoms with E-state index in [4.69, 9.17) is 10.1 Å². The quantitative estimate of drug-likeness (QED) is 0.364. The summed E-state index contributed by atoms with van der Waals surface area (Å²) in [5.74, 6) is -0.204. The lowest BCUT2D eigenvalue weighted by Crippen LogP contribution is -2.10. The lowest BCUT2D eigenvalue weighted by atomic mass is 10.0. The van der Waals surface area contributed by atoms with Gasteiger partial charge in [0, 0.05) is 12.5 Å². The summed E-state index contributed by atoms with van der Waals surface area (Å²) in [6.45, 7) is 1.38. The fourth-order valence-electron chi connectivity index (χ4n) is 3.85. The molecule has 0 spiro atoms. The van der Waals surface area contributed by atoms with Gasteiger partial charge in [0.15, 0.2) is 5.65 Å². The van der Waals surface area contributed by atoms with E-state index in [1.165, 1.54) is 23.6 Å². The molecule has 2 heterocycles. The minimum atomic E-state index is -0.324. The summed E-state index contributed by atoms with van der Waals surface area (Å²) >= 11 is 0. The number of aromatic hydroxyl groups is 2. The first kappa shape index (κ1) is 20.3. The van der Waals surface area contributed by atoms with Crippen molar-refractivity contribution in [2.24, 2.45) is 0 Å². The number of fused-ring (bicyclic) bond motifs is 1. The number of benzene rings is 3. The summed E-state index contributed by atoms with van der Waals surface area (Å²) in [5, 5.41) is 28.5. The molecular weight excluding hydrogens is 416 g/mol. The van der Waals surface area contributed by atoms with Gasteiger partial charge >= 0.3 is 0 Å². The van der Waals surface area contributed by atoms with Crippen molar-refractivity contribution in [2.75, 3.05) is 5.32 Å². The van der Waals surface area contributed by atoms with Crippen molar-refractivity contribution < 1.29 is 15.0 Å². The molecule has 33 heavy (non-hydrogen) atoms. The topological polar surface area (TPSA) is 99.8 Å². The Morgan fingerprint density at radius 1 is 0.788 bits per heavy atom. The van der Waals surface area contributed by atoms with Crippen LogP contribution >= 0.6 is 0 Å². The molecule has 7 heteroatoms. The van der Waals surface area contributed by atoms with Crippen LogP contribution in [0.3, 0.4) is 0 Å². The van der Waals surface area contributed by atoms with Gasteiger partial charge < -0.3 is 15.5 Å². The van der Waals surface area contributed by atoms with Gasteiger partial charge in [0.25, 0.3) is 0 Å². The van der Waals surface area contributed by atoms with Gasteiger partial charge in [-0.05, 0) is 23.3 Å². The Balaban J connectivity index is 1.87. The zero-order valence-corrected chi connectivity index (χ0v) is 17.7. The van der Waals surface area contributed by atoms with Crippen LogP contribution in [0.2, 0.25) is 0 Å². The molecular formula is C26H20N4O3. The number of amides is 1. The second-order valence-corrected chi connectivity index (χ2v) is 7.58. The van der Waals surface area contributed by atoms with Gasteiger partial charge in [-0.15, -0.1) is 0 Å². The third kappa shape index (κ3) is 3.65. The number of nitrogens with zero attached hydrogens (tertiary/aromatic N) is 3. The second-order valence-electron chi connectivity index (χ2n) is 7.58. The van der Waals surface area contributed by atoms with E-state index in [1.807, 2.05) is 60.7 Å². The molecule has 3 aromatic carbocycles. The molecule has 7 nitrogen and oxygen atoms in total. The molecule has 0 aliphatic rings. The van der Waals surface area contributed by atoms with Crippen LogP contribution in [-0.2, 0) is 4.79 Å². The predicted molar refractivity (Wildman–Crippen MR) is 127 cm³/mol. The molecule has 2 aromatic heterocycles. The molecule has 0 aliphatic carbocycles. The van der Waals surface area contributed by atoms with Crippen LogP contribution in [0.5, 0.6) is 11.6 Å². The number of phenols is 1. The largest absolute Gasteiger partial charge is 0.508 e. The van der Waals surface area contributed by atoms with Crippen LogP contribution in [0.1, 0.15) is 6.92 Å². The van der Waals surface area contributed by atoms with Crippen LogP contribution in [0.15, 0.2) is 84.9 Å². The molecule has 1 amide bonds. The number of hydrogen-bond acceptors (Lipinski definition) is 5. The second kappa shape index (κ2) is 8.12. The zero-order valence-electron chi connectivity index (χ0n) is 17.7. The summed E-state index contributed by atoms with van der Waals surface area (Å²) in [5.41, 5.74) is 4.42. The highest BCUT2D eigenvalue weighted by Gasteiger charge is 2.24. The fraction of sp³-hybridized carbons (Fsp3) is 0.0385. The number of phenolic OH excluding ortho intramolecular Hbond substituents is 1. The van der Waals surface area contributed by atoms with Crippen LogP contribution in [-0.4, -0.2) is 30.7 Å². The number of anilines is 1. The molecule has 0 bridgehead atoms. The van der Waals surface area contributed by atoms with Crippen LogP contribution in [0.4, 0.5) is 5.82 Å². The average molecular weight is 436 g/mol. The van der Waals surface area contributed by atoms with Crippen molar-refractivity contribution in [1.82, 2.24) is 14.6 Å². The molecule has 5 rings (SSSR count). The van der Waals surface area contributed by atoms with Gasteiger partial charge in [-0.1, -0.05) is 72.8 Å². The Bertz CT molecular complexity index is 1460. The SMILES string of the molecule is CC(=O)Nc1nc2c(-c3ccccc3)c(-c3ccccc3)nn2c(O)c1-c1ccc(O)cc1. The molecule has 0 saturated heterocycles. The lowest BCUT2D eigenvalue weighted by molar-refractivity contribution is -0.114. The van der Waals surface area contributed by atoms with Gasteiger partial charge in [0.1, 0.15) is 17.3 Å². The van der Waals surface area contributed by atoms with Crippen LogP contribution in [0, 0.1) is 0 Å². The van der Waals surface area contributed by atoms with Gasteiger partial charge in [-0.25, -0.2) is 4.98 Å². The van der Waals surface area contributed by atoms with E-state index in [0.717, 1.165) is 16.7 Å². The monoisotopic (exact) mass is 436 g/mol. The molecule has 0 saturated carbocycles. The van der Waals surface area contributed by atoms with Crippen molar-refractivity contribution in [3.8, 4) is 45.1 Å². The highest BCUT2D eigenvalue weighted by atomic mass is 16.3. The predicted octanol–water partition coefficient (Wildman–Crippen LogP) is 5.10. The van der Waals surface area contributed by atoms with E-state index in [2.05, 4.69) is 5.32 Å². The number of carbonyl (C=O) groups excluding carboxylic acids is 1. The van der Waals surface area contributed by atoms with Crippen LogP contribution < -0.4 is 5.32 Å². The lowest BCUT2D eigenvalue weighted by Gasteiger charge is -2.13. The Hall–Kier alpha value is -4.65. The van der Waals surface area contributed by atoms with Crippen molar-refractivity contribution >= 4 is 17.4 Å². The highest BCUT2D eigenvalue weighted by molar-refractivity contribution is 5.97. The number of carbonyl (C=O) groups is 1. The third-order valence-electron chi connectivity index (χ3n) is 5.30. The van der Waals surface area contributed by atoms with Crippen LogP contribution in [0.25, 0.3) is 39.2 Å². The first-order chi connectivity index (χ1) is 16.0. The van der Waals surface area contributed by atoms with Gasteiger partial charge in [0.2, 0.25) is 11.8 Å². The van der Waals surface area contributed by atoms with E-state index in [1.54, 1.807) is 12.1 Å². The van der Waals surface area contributed by atoms with E-state index in [-0.39, 0.29) is 23.4 Å². The Morgan fingerprint density at radius 2 is 1.36 bits per heavy atom. The summed E-state index contributed by atoms with van der Waals surface area (Å²) in [6, 6.07) is 25.6. The normalized spacial score (nSPS) is 10.9. The van der Waals surface area contributed by atoms with Gasteiger partial charge in [-0.2, -0.15) is 9.61 Å². The van der Waals surface area contributed by atoms with E-state index in [0.29, 0.717) is 22.5 Å². The molecule has 0 radical (unpaired) electrons. The maximum atomic E-state index is 12.0. The summed E-state index contributed by atoms with van der Waals surface area (Å²) < 4.78 is 1.39. The Morgan fingerprint density at radius 3 is 1.97 bits per heavy atom. The molecule has 3 N–H and O–H groups in total. The smallest absolute Gasteiger partial charge is 0.225 e. The molecule has 0 fully saturated rings. The van der Waals surface area contributed by atoms with Crippen molar-refractivity contribution in [3.63, 3.8) is 0 Å². The van der Waals surface area contributed by atoms with E-state index in [9.17, 15) is 15.0 Å². The number of aromatic nitrogens is 3. The first-order valence-electron chi connectivity index (χ1n) is 10.4. The number of hydrogen-bond donors (Lipinski definition) is 3. The highest BCUT2D eigenvalue weighted by Crippen LogP contribution is 2.41. The van der Waals surface area contributed by atoms with Crippen molar-refractivity contribution in [1.29, 1.82) is 0 Å². The van der Waals surface area contributed by atoms with E-state index < -0.39 is 0 Å². The summed E-state index contributed by atoms with van der Waals surface area (Å²) in [7, 11) is 0. The molecule has 5 aromatic rings. The zero-order chi connectivity index (χ0) is 22.9. The van der Waals surface area contributed by atoms with Gasteiger partial charge in [0.05, 0.1) is 11.1 Å². The van der Waals surface area contributed by atoms with Gasteiger partial charge in [-0.3, -0.25) is 4.79 Å². The molecule has 0 aliphatic heterocycles. The van der Waals surface area contributed by atoms with Crippen molar-refractivity contribution in [2.45, 2.75) is 6.92 Å². The molecule has 0 atom stereocenters. The average Bonchev–Trinajstić information content (AvgIpc) is 3.21. The minimum Gasteiger partial charge on any atom is -0.508 e. The Kier molecular flexibility index (Phi) is 4.99. The van der Waals surface area contributed by atoms with Crippen molar-refractivity contribution in [3.05, 3.63) is 84.9 Å². The maximum Gasteiger partial charge on any atom is 0.225 e. The Labute approximate surface area is 189 Å². The maximum absolute atomic E-state index is 12.0. The molecule has 162 valence electrons. The minimum absolute atomic E-state index is 0.0881. The standard InChI is InChI=1S/C26H20N4O3/c1-16(31)27-24-22(18-12-14-20(32)15-13-18)26(33)30-25(28-24)21(17-8-4-2-5-9-17)23(29-30)19-10-6-3-7-11-19/h2-15,32-33H,1H3,(H,27,28,31). The number of nitrogens with one attached hydrogen (secondary N) is 1. The summed E-state index contributed by atoms with van der Waals surface area (Å²) in [6.07, 6.45) is 0. The van der Waals surface area contributed by atoms with E-state index >= 15 is 0 Å². The number of rotatable bonds is 4. The summed E-state index contributed by atoms with van der Waals surface area (Å²) in [4.78, 5) is 16.7. The fourth-order valence-corrected chi connectivity index (χ4v) is 3.85. The molecule has 0 unspecified atom stereocenters. The third-order valence-corrected chi connectivity index (χ3v) is 5.30.